The molecule has 1 N–H and O–H groups in total. The molecule has 1 aromatic heterocycles. The summed E-state index contributed by atoms with van der Waals surface area (Å²) in [6, 6.07) is 7.85. The van der Waals surface area contributed by atoms with Crippen LogP contribution in [0.1, 0.15) is 16.7 Å². The molecular formula is C15H15F3N2O. The number of hydrogen-bond donors (Lipinski definition) is 1. The van der Waals surface area contributed by atoms with Gasteiger partial charge in [0.05, 0.1) is 0 Å². The number of rotatable bonds is 5. The van der Waals surface area contributed by atoms with E-state index in [2.05, 4.69) is 15.0 Å². The number of benzene rings is 1. The molecule has 0 atom stereocenters. The van der Waals surface area contributed by atoms with E-state index in [1.54, 1.807) is 18.5 Å². The van der Waals surface area contributed by atoms with Gasteiger partial charge in [0, 0.05) is 25.5 Å². The maximum atomic E-state index is 12.1. The van der Waals surface area contributed by atoms with Gasteiger partial charge in [0.1, 0.15) is 5.75 Å². The average Bonchev–Trinajstić information content (AvgIpc) is 2.39. The second-order valence-electron chi connectivity index (χ2n) is 4.60. The smallest absolute Gasteiger partial charge is 0.406 e. The number of alkyl halides is 3. The molecule has 0 saturated heterocycles. The van der Waals surface area contributed by atoms with Gasteiger partial charge in [0.25, 0.3) is 0 Å². The quantitative estimate of drug-likeness (QED) is 0.915. The fraction of sp³-hybridized carbons (Fsp3) is 0.267. The Kier molecular flexibility index (Phi) is 4.80. The zero-order valence-electron chi connectivity index (χ0n) is 11.4. The molecule has 0 spiro atoms. The van der Waals surface area contributed by atoms with Crippen LogP contribution >= 0.6 is 0 Å². The number of ether oxygens (including phenoxy) is 1. The highest BCUT2D eigenvalue weighted by molar-refractivity contribution is 5.29. The van der Waals surface area contributed by atoms with Crippen molar-refractivity contribution in [2.24, 2.45) is 0 Å². The zero-order chi connectivity index (χ0) is 15.3. The van der Waals surface area contributed by atoms with Gasteiger partial charge in [-0.15, -0.1) is 13.2 Å². The summed E-state index contributed by atoms with van der Waals surface area (Å²) in [4.78, 5) is 4.01. The van der Waals surface area contributed by atoms with E-state index in [1.807, 2.05) is 13.0 Å². The molecule has 3 nitrogen and oxygen atoms in total. The number of pyridine rings is 1. The molecule has 0 bridgehead atoms. The van der Waals surface area contributed by atoms with Crippen LogP contribution in [0.3, 0.4) is 0 Å². The fourth-order valence-corrected chi connectivity index (χ4v) is 1.89. The number of nitrogens with zero attached hydrogens (tertiary/aromatic N) is 1. The van der Waals surface area contributed by atoms with Crippen molar-refractivity contribution in [2.75, 3.05) is 0 Å². The van der Waals surface area contributed by atoms with Crippen LogP contribution in [0.4, 0.5) is 13.2 Å². The average molecular weight is 296 g/mol. The van der Waals surface area contributed by atoms with Crippen LogP contribution in [0.2, 0.25) is 0 Å². The van der Waals surface area contributed by atoms with Gasteiger partial charge in [-0.3, -0.25) is 4.98 Å². The Labute approximate surface area is 120 Å². The number of hydrogen-bond acceptors (Lipinski definition) is 3. The van der Waals surface area contributed by atoms with Crippen molar-refractivity contribution >= 4 is 0 Å². The predicted octanol–water partition coefficient (Wildman–Crippen LogP) is 3.58. The first kappa shape index (κ1) is 15.3. The van der Waals surface area contributed by atoms with Gasteiger partial charge in [-0.2, -0.15) is 0 Å². The predicted molar refractivity (Wildman–Crippen MR) is 72.6 cm³/mol. The summed E-state index contributed by atoms with van der Waals surface area (Å²) in [6.45, 7) is 3.04. The maximum absolute atomic E-state index is 12.1. The Bertz CT molecular complexity index is 599. The van der Waals surface area contributed by atoms with Crippen LogP contribution < -0.4 is 10.1 Å². The normalized spacial score (nSPS) is 11.4. The highest BCUT2D eigenvalue weighted by atomic mass is 19.4. The van der Waals surface area contributed by atoms with Gasteiger partial charge in [-0.25, -0.2) is 0 Å². The van der Waals surface area contributed by atoms with Crippen molar-refractivity contribution in [3.63, 3.8) is 0 Å². The summed E-state index contributed by atoms with van der Waals surface area (Å²) in [7, 11) is 0. The van der Waals surface area contributed by atoms with Crippen LogP contribution in [0.15, 0.2) is 42.7 Å². The second kappa shape index (κ2) is 6.58. The molecule has 21 heavy (non-hydrogen) atoms. The molecule has 112 valence electrons. The molecule has 2 rings (SSSR count). The van der Waals surface area contributed by atoms with Gasteiger partial charge in [0.15, 0.2) is 0 Å². The lowest BCUT2D eigenvalue weighted by Gasteiger charge is -2.11. The molecule has 0 fully saturated rings. The largest absolute Gasteiger partial charge is 0.573 e. The first-order valence-corrected chi connectivity index (χ1v) is 6.39. The molecule has 0 aliphatic carbocycles. The van der Waals surface area contributed by atoms with Crippen molar-refractivity contribution in [1.29, 1.82) is 0 Å². The van der Waals surface area contributed by atoms with E-state index in [4.69, 9.17) is 0 Å². The lowest BCUT2D eigenvalue weighted by atomic mass is 10.1. The minimum absolute atomic E-state index is 0.207. The highest BCUT2D eigenvalue weighted by Crippen LogP contribution is 2.23. The van der Waals surface area contributed by atoms with E-state index in [-0.39, 0.29) is 5.75 Å². The number of aryl methyl sites for hydroxylation is 1. The number of nitrogens with one attached hydrogen (secondary N) is 1. The Morgan fingerprint density at radius 1 is 1.19 bits per heavy atom. The number of aromatic nitrogens is 1. The molecule has 0 saturated carbocycles. The summed E-state index contributed by atoms with van der Waals surface area (Å²) in [5.74, 6) is -0.207. The maximum Gasteiger partial charge on any atom is 0.573 e. The van der Waals surface area contributed by atoms with Crippen LogP contribution in [0.5, 0.6) is 5.75 Å². The first-order chi connectivity index (χ1) is 9.94. The monoisotopic (exact) mass is 296 g/mol. The molecule has 0 aliphatic rings. The highest BCUT2D eigenvalue weighted by Gasteiger charge is 2.31. The number of halogens is 3. The second-order valence-corrected chi connectivity index (χ2v) is 4.60. The van der Waals surface area contributed by atoms with Crippen LogP contribution in [0.25, 0.3) is 0 Å². The Balaban J connectivity index is 1.92. The molecule has 6 heteroatoms. The fourth-order valence-electron chi connectivity index (χ4n) is 1.89. The molecule has 2 aromatic rings. The first-order valence-electron chi connectivity index (χ1n) is 6.39. The van der Waals surface area contributed by atoms with Crippen molar-refractivity contribution in [3.8, 4) is 5.75 Å². The van der Waals surface area contributed by atoms with E-state index in [1.165, 1.54) is 18.2 Å². The Hall–Kier alpha value is -2.08. The minimum Gasteiger partial charge on any atom is -0.406 e. The summed E-state index contributed by atoms with van der Waals surface area (Å²) in [5, 5.41) is 3.18. The van der Waals surface area contributed by atoms with E-state index < -0.39 is 6.36 Å². The van der Waals surface area contributed by atoms with E-state index in [0.717, 1.165) is 16.7 Å². The summed E-state index contributed by atoms with van der Waals surface area (Å²) < 4.78 is 40.3. The van der Waals surface area contributed by atoms with Gasteiger partial charge in [-0.05, 0) is 41.8 Å². The molecule has 0 radical (unpaired) electrons. The van der Waals surface area contributed by atoms with Gasteiger partial charge < -0.3 is 10.1 Å². The lowest BCUT2D eigenvalue weighted by Crippen LogP contribution is -2.17. The Morgan fingerprint density at radius 3 is 2.71 bits per heavy atom. The van der Waals surface area contributed by atoms with E-state index in [9.17, 15) is 13.2 Å². The molecule has 1 aromatic carbocycles. The minimum atomic E-state index is -4.67. The van der Waals surface area contributed by atoms with Crippen LogP contribution in [-0.2, 0) is 13.1 Å². The Morgan fingerprint density at radius 2 is 2.00 bits per heavy atom. The van der Waals surface area contributed by atoms with E-state index >= 15 is 0 Å². The summed E-state index contributed by atoms with van der Waals surface area (Å²) >= 11 is 0. The standard InChI is InChI=1S/C15H15F3N2O/c1-11-8-19-6-5-13(11)10-20-9-12-3-2-4-14(7-12)21-15(16,17)18/h2-8,20H,9-10H2,1H3. The topological polar surface area (TPSA) is 34.2 Å². The lowest BCUT2D eigenvalue weighted by molar-refractivity contribution is -0.274. The van der Waals surface area contributed by atoms with Crippen molar-refractivity contribution in [2.45, 2.75) is 26.4 Å². The van der Waals surface area contributed by atoms with Crippen LogP contribution in [-0.4, -0.2) is 11.3 Å². The van der Waals surface area contributed by atoms with Gasteiger partial charge in [-0.1, -0.05) is 12.1 Å². The van der Waals surface area contributed by atoms with Gasteiger partial charge in [0.2, 0.25) is 0 Å². The van der Waals surface area contributed by atoms with Crippen molar-refractivity contribution in [3.05, 3.63) is 59.4 Å². The third-order valence-corrected chi connectivity index (χ3v) is 2.91. The third kappa shape index (κ3) is 5.07. The molecule has 1 heterocycles. The summed E-state index contributed by atoms with van der Waals surface area (Å²) in [6.07, 6.45) is -1.18. The third-order valence-electron chi connectivity index (χ3n) is 2.91. The zero-order valence-corrected chi connectivity index (χ0v) is 11.4. The van der Waals surface area contributed by atoms with Crippen LogP contribution in [0, 0.1) is 6.92 Å². The van der Waals surface area contributed by atoms with Crippen molar-refractivity contribution in [1.82, 2.24) is 10.3 Å². The molecule has 0 amide bonds. The summed E-state index contributed by atoms with van der Waals surface area (Å²) in [5.41, 5.74) is 2.90. The molecule has 0 aliphatic heterocycles. The van der Waals surface area contributed by atoms with Crippen molar-refractivity contribution < 1.29 is 17.9 Å². The van der Waals surface area contributed by atoms with E-state index in [0.29, 0.717) is 13.1 Å². The van der Waals surface area contributed by atoms with Gasteiger partial charge >= 0.3 is 6.36 Å². The molecule has 0 unspecified atom stereocenters. The molecular weight excluding hydrogens is 281 g/mol. The SMILES string of the molecule is Cc1cnccc1CNCc1cccc(OC(F)(F)F)c1.